The first-order valence-corrected chi connectivity index (χ1v) is 10.4. The number of hydrogen-bond acceptors (Lipinski definition) is 6. The van der Waals surface area contributed by atoms with Crippen molar-refractivity contribution in [3.8, 4) is 11.5 Å². The van der Waals surface area contributed by atoms with Gasteiger partial charge in [0.2, 0.25) is 5.91 Å². The molecule has 32 heavy (non-hydrogen) atoms. The van der Waals surface area contributed by atoms with Gasteiger partial charge in [-0.25, -0.2) is 5.01 Å². The van der Waals surface area contributed by atoms with Crippen LogP contribution >= 0.6 is 0 Å². The van der Waals surface area contributed by atoms with Crippen molar-refractivity contribution in [2.45, 2.75) is 19.4 Å². The molecule has 0 saturated carbocycles. The lowest BCUT2D eigenvalue weighted by atomic mass is 9.97. The molecule has 0 radical (unpaired) electrons. The largest absolute Gasteiger partial charge is 0.497 e. The standard InChI is InChI=1S/C24H29N3O5/c1-17(28)26(13-14-30-2)16-24(29)27-22(20-7-5-6-8-23(20)32-4)15-21(25-27)18-9-11-19(31-3)12-10-18/h5-12,22H,13-16H2,1-4H3. The average Bonchev–Trinajstić information content (AvgIpc) is 3.27. The molecule has 1 aliphatic heterocycles. The van der Waals surface area contributed by atoms with Gasteiger partial charge in [0.05, 0.1) is 32.6 Å². The van der Waals surface area contributed by atoms with Gasteiger partial charge in [-0.2, -0.15) is 5.10 Å². The number of carbonyl (C=O) groups excluding carboxylic acids is 2. The first-order valence-electron chi connectivity index (χ1n) is 10.4. The van der Waals surface area contributed by atoms with Crippen LogP contribution in [0.4, 0.5) is 0 Å². The van der Waals surface area contributed by atoms with Crippen LogP contribution in [0.5, 0.6) is 11.5 Å². The Morgan fingerprint density at radius 3 is 2.41 bits per heavy atom. The molecule has 2 aromatic carbocycles. The van der Waals surface area contributed by atoms with E-state index in [0.29, 0.717) is 25.3 Å². The topological polar surface area (TPSA) is 80.7 Å². The number of nitrogens with zero attached hydrogens (tertiary/aromatic N) is 3. The fourth-order valence-corrected chi connectivity index (χ4v) is 3.67. The van der Waals surface area contributed by atoms with Gasteiger partial charge in [0.25, 0.3) is 5.91 Å². The summed E-state index contributed by atoms with van der Waals surface area (Å²) in [4.78, 5) is 26.8. The molecule has 3 rings (SSSR count). The minimum Gasteiger partial charge on any atom is -0.497 e. The van der Waals surface area contributed by atoms with Crippen LogP contribution < -0.4 is 9.47 Å². The zero-order valence-corrected chi connectivity index (χ0v) is 18.9. The van der Waals surface area contributed by atoms with Crippen LogP contribution in [-0.4, -0.2) is 68.5 Å². The minimum atomic E-state index is -0.341. The van der Waals surface area contributed by atoms with Gasteiger partial charge in [0, 0.05) is 32.6 Å². The van der Waals surface area contributed by atoms with Gasteiger partial charge in [-0.3, -0.25) is 9.59 Å². The molecule has 0 spiro atoms. The third kappa shape index (κ3) is 5.26. The molecule has 0 aromatic heterocycles. The second-order valence-corrected chi connectivity index (χ2v) is 7.41. The SMILES string of the molecule is COCCN(CC(=O)N1N=C(c2ccc(OC)cc2)CC1c1ccccc1OC)C(C)=O. The Kier molecular flexibility index (Phi) is 7.83. The zero-order valence-electron chi connectivity index (χ0n) is 18.9. The number of para-hydroxylation sites is 1. The van der Waals surface area contributed by atoms with Gasteiger partial charge in [-0.05, 0) is 35.9 Å². The van der Waals surface area contributed by atoms with E-state index in [-0.39, 0.29) is 24.4 Å². The third-order valence-electron chi connectivity index (χ3n) is 5.42. The maximum Gasteiger partial charge on any atom is 0.262 e. The molecule has 0 aliphatic carbocycles. The van der Waals surface area contributed by atoms with Crippen LogP contribution in [0.15, 0.2) is 53.6 Å². The quantitative estimate of drug-likeness (QED) is 0.600. The lowest BCUT2D eigenvalue weighted by molar-refractivity contribution is -0.141. The normalized spacial score (nSPS) is 15.3. The van der Waals surface area contributed by atoms with Gasteiger partial charge >= 0.3 is 0 Å². The van der Waals surface area contributed by atoms with E-state index in [1.54, 1.807) is 21.3 Å². The van der Waals surface area contributed by atoms with Gasteiger partial charge in [-0.1, -0.05) is 18.2 Å². The van der Waals surface area contributed by atoms with Crippen molar-refractivity contribution in [2.75, 3.05) is 41.0 Å². The molecular formula is C24H29N3O5. The second kappa shape index (κ2) is 10.8. The van der Waals surface area contributed by atoms with Crippen molar-refractivity contribution in [3.05, 3.63) is 59.7 Å². The molecule has 0 saturated heterocycles. The van der Waals surface area contributed by atoms with E-state index >= 15 is 0 Å². The Hall–Kier alpha value is -3.39. The van der Waals surface area contributed by atoms with Gasteiger partial charge in [0.1, 0.15) is 18.0 Å². The highest BCUT2D eigenvalue weighted by atomic mass is 16.5. The molecular weight excluding hydrogens is 410 g/mol. The summed E-state index contributed by atoms with van der Waals surface area (Å²) in [7, 11) is 4.78. The van der Waals surface area contributed by atoms with E-state index in [0.717, 1.165) is 22.6 Å². The van der Waals surface area contributed by atoms with Crippen molar-refractivity contribution >= 4 is 17.5 Å². The molecule has 1 unspecified atom stereocenters. The maximum absolute atomic E-state index is 13.3. The first-order chi connectivity index (χ1) is 15.5. The predicted molar refractivity (Wildman–Crippen MR) is 121 cm³/mol. The summed E-state index contributed by atoms with van der Waals surface area (Å²) >= 11 is 0. The highest BCUT2D eigenvalue weighted by molar-refractivity contribution is 6.03. The summed E-state index contributed by atoms with van der Waals surface area (Å²) in [6.07, 6.45) is 0.524. The number of amides is 2. The number of ether oxygens (including phenoxy) is 3. The van der Waals surface area contributed by atoms with Crippen molar-refractivity contribution in [1.82, 2.24) is 9.91 Å². The first kappa shape index (κ1) is 23.3. The molecule has 8 heteroatoms. The molecule has 1 heterocycles. The molecule has 1 atom stereocenters. The average molecular weight is 440 g/mol. The number of hydrogen-bond donors (Lipinski definition) is 0. The number of methoxy groups -OCH3 is 3. The summed E-state index contributed by atoms with van der Waals surface area (Å²) in [6.45, 7) is 2.05. The molecule has 2 amide bonds. The lowest BCUT2D eigenvalue weighted by Crippen LogP contribution is -2.41. The Morgan fingerprint density at radius 2 is 1.78 bits per heavy atom. The summed E-state index contributed by atoms with van der Waals surface area (Å²) in [5.41, 5.74) is 2.55. The Labute approximate surface area is 188 Å². The number of rotatable bonds is 9. The van der Waals surface area contributed by atoms with Gasteiger partial charge in [0.15, 0.2) is 0 Å². The molecule has 1 aliphatic rings. The van der Waals surface area contributed by atoms with Gasteiger partial charge in [-0.15, -0.1) is 0 Å². The van der Waals surface area contributed by atoms with Crippen LogP contribution in [0.25, 0.3) is 0 Å². The number of carbonyl (C=O) groups is 2. The van der Waals surface area contributed by atoms with E-state index < -0.39 is 0 Å². The fraction of sp³-hybridized carbons (Fsp3) is 0.375. The highest BCUT2D eigenvalue weighted by Gasteiger charge is 2.35. The van der Waals surface area contributed by atoms with Crippen molar-refractivity contribution in [1.29, 1.82) is 0 Å². The van der Waals surface area contributed by atoms with Crippen LogP contribution in [0.3, 0.4) is 0 Å². The van der Waals surface area contributed by atoms with Crippen molar-refractivity contribution in [3.63, 3.8) is 0 Å². The Balaban J connectivity index is 1.93. The van der Waals surface area contributed by atoms with E-state index in [2.05, 4.69) is 5.10 Å². The summed E-state index contributed by atoms with van der Waals surface area (Å²) in [5.74, 6) is 0.972. The zero-order chi connectivity index (χ0) is 23.1. The maximum atomic E-state index is 13.3. The highest BCUT2D eigenvalue weighted by Crippen LogP contribution is 2.37. The Morgan fingerprint density at radius 1 is 1.06 bits per heavy atom. The Bertz CT molecular complexity index is 974. The second-order valence-electron chi connectivity index (χ2n) is 7.41. The van der Waals surface area contributed by atoms with E-state index in [1.807, 2.05) is 48.5 Å². The molecule has 0 bridgehead atoms. The molecule has 2 aromatic rings. The predicted octanol–water partition coefficient (Wildman–Crippen LogP) is 2.88. The molecule has 170 valence electrons. The van der Waals surface area contributed by atoms with Gasteiger partial charge < -0.3 is 19.1 Å². The van der Waals surface area contributed by atoms with Crippen molar-refractivity contribution in [2.24, 2.45) is 5.10 Å². The van der Waals surface area contributed by atoms with Crippen LogP contribution in [0, 0.1) is 0 Å². The summed E-state index contributed by atoms with van der Waals surface area (Å²) in [6, 6.07) is 14.8. The summed E-state index contributed by atoms with van der Waals surface area (Å²) < 4.78 is 15.9. The molecule has 0 fully saturated rings. The fourth-order valence-electron chi connectivity index (χ4n) is 3.67. The van der Waals surface area contributed by atoms with Crippen LogP contribution in [0.2, 0.25) is 0 Å². The van der Waals surface area contributed by atoms with Crippen LogP contribution in [-0.2, 0) is 14.3 Å². The summed E-state index contributed by atoms with van der Waals surface area (Å²) in [5, 5.41) is 6.15. The number of benzene rings is 2. The van der Waals surface area contributed by atoms with E-state index in [4.69, 9.17) is 14.2 Å². The molecule has 8 nitrogen and oxygen atoms in total. The molecule has 0 N–H and O–H groups in total. The third-order valence-corrected chi connectivity index (χ3v) is 5.42. The van der Waals surface area contributed by atoms with Crippen molar-refractivity contribution < 1.29 is 23.8 Å². The van der Waals surface area contributed by atoms with Crippen LogP contribution in [0.1, 0.15) is 30.5 Å². The minimum absolute atomic E-state index is 0.0796. The van der Waals surface area contributed by atoms with E-state index in [9.17, 15) is 9.59 Å². The smallest absolute Gasteiger partial charge is 0.262 e. The number of hydrazone groups is 1. The lowest BCUT2D eigenvalue weighted by Gasteiger charge is -2.27. The van der Waals surface area contributed by atoms with E-state index in [1.165, 1.54) is 16.8 Å². The monoisotopic (exact) mass is 439 g/mol.